The maximum atomic E-state index is 12.1. The number of allylic oxidation sites excluding steroid dienone is 1. The Bertz CT molecular complexity index is 496. The van der Waals surface area contributed by atoms with Crippen molar-refractivity contribution in [1.82, 2.24) is 0 Å². The van der Waals surface area contributed by atoms with Gasteiger partial charge in [-0.05, 0) is 37.6 Å². The lowest BCUT2D eigenvalue weighted by Gasteiger charge is -2.36. The predicted molar refractivity (Wildman–Crippen MR) is 92.3 cm³/mol. The van der Waals surface area contributed by atoms with Crippen LogP contribution in [0.2, 0.25) is 18.1 Å². The minimum Gasteiger partial charge on any atom is -0.417 e. The molecule has 0 saturated carbocycles. The SMILES string of the molecule is C/C(=C\C(=O)c1ccccc1)CCO[Si](C)(C)C(C)(C)C. The van der Waals surface area contributed by atoms with Crippen molar-refractivity contribution in [2.45, 2.75) is 52.2 Å². The van der Waals surface area contributed by atoms with E-state index in [1.165, 1.54) is 0 Å². The van der Waals surface area contributed by atoms with Gasteiger partial charge in [0.15, 0.2) is 14.1 Å². The molecule has 0 saturated heterocycles. The van der Waals surface area contributed by atoms with Gasteiger partial charge in [-0.3, -0.25) is 4.79 Å². The highest BCUT2D eigenvalue weighted by molar-refractivity contribution is 6.74. The van der Waals surface area contributed by atoms with Gasteiger partial charge in [0.2, 0.25) is 0 Å². The van der Waals surface area contributed by atoms with Crippen molar-refractivity contribution in [2.75, 3.05) is 6.61 Å². The predicted octanol–water partition coefficient (Wildman–Crippen LogP) is 5.23. The molecule has 21 heavy (non-hydrogen) atoms. The molecule has 0 spiro atoms. The standard InChI is InChI=1S/C18H28O2Si/c1-15(12-13-20-21(5,6)18(2,3)4)14-17(19)16-10-8-7-9-11-16/h7-11,14H,12-13H2,1-6H3/b15-14+. The Kier molecular flexibility index (Phi) is 6.11. The molecule has 0 bridgehead atoms. The van der Waals surface area contributed by atoms with Crippen LogP contribution in [0.3, 0.4) is 0 Å². The molecule has 0 radical (unpaired) electrons. The lowest BCUT2D eigenvalue weighted by molar-refractivity contribution is 0.104. The molecule has 1 aromatic carbocycles. The van der Waals surface area contributed by atoms with E-state index < -0.39 is 8.32 Å². The molecule has 0 atom stereocenters. The van der Waals surface area contributed by atoms with Crippen LogP contribution < -0.4 is 0 Å². The van der Waals surface area contributed by atoms with Crippen LogP contribution in [0.25, 0.3) is 0 Å². The molecule has 0 unspecified atom stereocenters. The zero-order valence-electron chi connectivity index (χ0n) is 14.2. The lowest BCUT2D eigenvalue weighted by atomic mass is 10.1. The molecule has 1 rings (SSSR count). The number of carbonyl (C=O) groups excluding carboxylic acids is 1. The van der Waals surface area contributed by atoms with Crippen molar-refractivity contribution in [3.05, 3.63) is 47.5 Å². The Morgan fingerprint density at radius 1 is 1.19 bits per heavy atom. The van der Waals surface area contributed by atoms with E-state index in [9.17, 15) is 4.79 Å². The number of benzene rings is 1. The molecule has 116 valence electrons. The summed E-state index contributed by atoms with van der Waals surface area (Å²) >= 11 is 0. The highest BCUT2D eigenvalue weighted by Gasteiger charge is 2.36. The fraction of sp³-hybridized carbons (Fsp3) is 0.500. The third kappa shape index (κ3) is 5.60. The van der Waals surface area contributed by atoms with Crippen LogP contribution in [0.4, 0.5) is 0 Å². The van der Waals surface area contributed by atoms with Crippen molar-refractivity contribution < 1.29 is 9.22 Å². The van der Waals surface area contributed by atoms with Crippen LogP contribution >= 0.6 is 0 Å². The molecule has 0 aromatic heterocycles. The lowest BCUT2D eigenvalue weighted by Crippen LogP contribution is -2.41. The maximum Gasteiger partial charge on any atom is 0.191 e. The summed E-state index contributed by atoms with van der Waals surface area (Å²) in [7, 11) is -1.69. The van der Waals surface area contributed by atoms with E-state index in [2.05, 4.69) is 33.9 Å². The van der Waals surface area contributed by atoms with E-state index >= 15 is 0 Å². The van der Waals surface area contributed by atoms with Crippen LogP contribution in [-0.2, 0) is 4.43 Å². The fourth-order valence-corrected chi connectivity index (χ4v) is 2.71. The van der Waals surface area contributed by atoms with E-state index in [-0.39, 0.29) is 10.8 Å². The van der Waals surface area contributed by atoms with Crippen molar-refractivity contribution in [3.8, 4) is 0 Å². The zero-order chi connectivity index (χ0) is 16.1. The second-order valence-electron chi connectivity index (χ2n) is 7.08. The normalized spacial score (nSPS) is 13.3. The van der Waals surface area contributed by atoms with Gasteiger partial charge in [0.05, 0.1) is 0 Å². The minimum absolute atomic E-state index is 0.0698. The molecule has 0 N–H and O–H groups in total. The molecule has 0 aliphatic carbocycles. The van der Waals surface area contributed by atoms with Crippen molar-refractivity contribution >= 4 is 14.1 Å². The number of hydrogen-bond acceptors (Lipinski definition) is 2. The summed E-state index contributed by atoms with van der Waals surface area (Å²) < 4.78 is 6.14. The molecular weight excluding hydrogens is 276 g/mol. The van der Waals surface area contributed by atoms with Crippen molar-refractivity contribution in [1.29, 1.82) is 0 Å². The summed E-state index contributed by atoms with van der Waals surface area (Å²) in [5.74, 6) is 0.0698. The first-order valence-corrected chi connectivity index (χ1v) is 10.4. The Balaban J connectivity index is 2.53. The van der Waals surface area contributed by atoms with E-state index in [4.69, 9.17) is 4.43 Å². The molecule has 0 heterocycles. The molecular formula is C18H28O2Si. The van der Waals surface area contributed by atoms with Crippen LogP contribution in [0.15, 0.2) is 42.0 Å². The topological polar surface area (TPSA) is 26.3 Å². The second kappa shape index (κ2) is 7.19. The van der Waals surface area contributed by atoms with E-state index in [1.54, 1.807) is 6.08 Å². The summed E-state index contributed by atoms with van der Waals surface area (Å²) in [4.78, 5) is 12.1. The van der Waals surface area contributed by atoms with Gasteiger partial charge in [-0.15, -0.1) is 0 Å². The first-order valence-electron chi connectivity index (χ1n) is 7.54. The number of carbonyl (C=O) groups is 1. The van der Waals surface area contributed by atoms with Gasteiger partial charge >= 0.3 is 0 Å². The quantitative estimate of drug-likeness (QED) is 0.409. The van der Waals surface area contributed by atoms with E-state index in [0.29, 0.717) is 6.61 Å². The number of hydrogen-bond donors (Lipinski definition) is 0. The minimum atomic E-state index is -1.69. The van der Waals surface area contributed by atoms with Crippen LogP contribution in [0, 0.1) is 0 Å². The first kappa shape index (κ1) is 17.9. The second-order valence-corrected chi connectivity index (χ2v) is 11.9. The molecule has 0 aliphatic rings. The summed E-state index contributed by atoms with van der Waals surface area (Å²) in [6, 6.07) is 9.38. The van der Waals surface area contributed by atoms with Gasteiger partial charge in [-0.1, -0.05) is 56.7 Å². The van der Waals surface area contributed by atoms with Crippen molar-refractivity contribution in [2.24, 2.45) is 0 Å². The van der Waals surface area contributed by atoms with E-state index in [1.807, 2.05) is 37.3 Å². The highest BCUT2D eigenvalue weighted by Crippen LogP contribution is 2.36. The van der Waals surface area contributed by atoms with Crippen LogP contribution in [-0.4, -0.2) is 20.7 Å². The van der Waals surface area contributed by atoms with Gasteiger partial charge in [-0.2, -0.15) is 0 Å². The zero-order valence-corrected chi connectivity index (χ0v) is 15.2. The molecule has 0 fully saturated rings. The van der Waals surface area contributed by atoms with Gasteiger partial charge in [-0.25, -0.2) is 0 Å². The Hall–Kier alpha value is -1.19. The molecule has 1 aromatic rings. The van der Waals surface area contributed by atoms with Gasteiger partial charge < -0.3 is 4.43 Å². The summed E-state index contributed by atoms with van der Waals surface area (Å²) in [6.07, 6.45) is 2.54. The average Bonchev–Trinajstić information content (AvgIpc) is 2.38. The van der Waals surface area contributed by atoms with Gasteiger partial charge in [0.25, 0.3) is 0 Å². The average molecular weight is 305 g/mol. The fourth-order valence-electron chi connectivity index (χ4n) is 1.67. The highest BCUT2D eigenvalue weighted by atomic mass is 28.4. The monoisotopic (exact) mass is 304 g/mol. The molecule has 3 heteroatoms. The summed E-state index contributed by atoms with van der Waals surface area (Å²) in [5.41, 5.74) is 1.81. The number of rotatable bonds is 6. The van der Waals surface area contributed by atoms with Crippen LogP contribution in [0.1, 0.15) is 44.5 Å². The Morgan fingerprint density at radius 3 is 2.29 bits per heavy atom. The maximum absolute atomic E-state index is 12.1. The number of ketones is 1. The molecule has 0 aliphatic heterocycles. The Labute approximate surface area is 130 Å². The summed E-state index contributed by atoms with van der Waals surface area (Å²) in [5, 5.41) is 0.227. The van der Waals surface area contributed by atoms with Crippen molar-refractivity contribution in [3.63, 3.8) is 0 Å². The largest absolute Gasteiger partial charge is 0.417 e. The Morgan fingerprint density at radius 2 is 1.76 bits per heavy atom. The smallest absolute Gasteiger partial charge is 0.191 e. The third-order valence-electron chi connectivity index (χ3n) is 4.20. The molecule has 0 amide bonds. The van der Waals surface area contributed by atoms with Crippen LogP contribution in [0.5, 0.6) is 0 Å². The third-order valence-corrected chi connectivity index (χ3v) is 8.74. The molecule has 2 nitrogen and oxygen atoms in total. The van der Waals surface area contributed by atoms with Gasteiger partial charge in [0, 0.05) is 12.2 Å². The summed E-state index contributed by atoms with van der Waals surface area (Å²) in [6.45, 7) is 13.9. The van der Waals surface area contributed by atoms with Gasteiger partial charge in [0.1, 0.15) is 0 Å². The van der Waals surface area contributed by atoms with E-state index in [0.717, 1.165) is 17.6 Å². The first-order chi connectivity index (χ1) is 9.63.